The molecule has 8 aromatic rings. The highest BCUT2D eigenvalue weighted by Gasteiger charge is 2.27. The quantitative estimate of drug-likeness (QED) is 0.0576. The first-order chi connectivity index (χ1) is 34.8. The molecule has 4 aromatic carbocycles. The zero-order chi connectivity index (χ0) is 51.9. The number of methoxy groups -OCH3 is 8. The largest absolute Gasteiger partial charge is 0.493 e. The van der Waals surface area contributed by atoms with Crippen LogP contribution in [0.25, 0.3) is 45.6 Å². The van der Waals surface area contributed by atoms with E-state index < -0.39 is 12.2 Å². The zero-order valence-corrected chi connectivity index (χ0v) is 41.8. The summed E-state index contributed by atoms with van der Waals surface area (Å²) in [4.78, 5) is 30.2. The number of carbonyl (C=O) groups is 2. The van der Waals surface area contributed by atoms with Gasteiger partial charge >= 0.3 is 0 Å². The lowest BCUT2D eigenvalue weighted by Gasteiger charge is -2.20. The molecule has 0 saturated heterocycles. The van der Waals surface area contributed by atoms with E-state index in [1.807, 2.05) is 24.3 Å². The fourth-order valence-electron chi connectivity index (χ4n) is 7.10. The smallest absolute Gasteiger partial charge is 0.279 e. The molecule has 1 amide bonds. The molecule has 0 aliphatic rings. The summed E-state index contributed by atoms with van der Waals surface area (Å²) in [6, 6.07) is 28.5. The summed E-state index contributed by atoms with van der Waals surface area (Å²) in [5.74, 6) is 5.82. The fourth-order valence-corrected chi connectivity index (χ4v) is 7.10. The summed E-state index contributed by atoms with van der Waals surface area (Å²) in [5.41, 5.74) is 4.45. The molecule has 72 heavy (non-hydrogen) atoms. The molecule has 20 heteroatoms. The topological polar surface area (TPSA) is 225 Å². The standard InChI is InChI=1S/C25H24N2O7.C14H17N3O4.C13H14O4/c1-14-26-27-25(33-14)16-8-6-15(7-9-16)23(31-4)22(28)19-11-10-18(34-19)17-12-20(29-2)24(32-5)21(13-17)30-3;1-9-15-16-13(21-9)11-7-5-10(6-8-11)12(19-3)14(18)17(2)20-4;1-14-11-7-9(10-5-4-6-17-10)8-12(15-2)13(11)16-3/h6-13,23H,1-5H3;5-8,12H,1-4H3;4-8H,1-3H3. The number of amides is 1. The van der Waals surface area contributed by atoms with Crippen molar-refractivity contribution in [3.05, 3.63) is 132 Å². The minimum Gasteiger partial charge on any atom is -0.493 e. The zero-order valence-electron chi connectivity index (χ0n) is 41.8. The van der Waals surface area contributed by atoms with E-state index in [1.165, 1.54) is 49.7 Å². The van der Waals surface area contributed by atoms with E-state index in [4.69, 9.17) is 60.4 Å². The lowest BCUT2D eigenvalue weighted by molar-refractivity contribution is -0.179. The van der Waals surface area contributed by atoms with Crippen molar-refractivity contribution in [2.75, 3.05) is 71.0 Å². The Bertz CT molecular complexity index is 2950. The van der Waals surface area contributed by atoms with Crippen molar-refractivity contribution < 1.29 is 70.0 Å². The normalized spacial score (nSPS) is 11.5. The number of hydroxylamine groups is 2. The van der Waals surface area contributed by atoms with Gasteiger partial charge in [-0.15, -0.1) is 20.4 Å². The van der Waals surface area contributed by atoms with Gasteiger partial charge in [0.1, 0.15) is 17.6 Å². The van der Waals surface area contributed by atoms with Gasteiger partial charge in [-0.2, -0.15) is 0 Å². The second-order valence-corrected chi connectivity index (χ2v) is 15.1. The predicted molar refractivity (Wildman–Crippen MR) is 260 cm³/mol. The molecule has 0 N–H and O–H groups in total. The molecule has 0 radical (unpaired) electrons. The summed E-state index contributed by atoms with van der Waals surface area (Å²) in [6.07, 6.45) is 0.0456. The van der Waals surface area contributed by atoms with E-state index >= 15 is 0 Å². The van der Waals surface area contributed by atoms with E-state index in [2.05, 4.69) is 20.4 Å². The molecule has 4 heterocycles. The van der Waals surface area contributed by atoms with Crippen molar-refractivity contribution in [3.63, 3.8) is 0 Å². The summed E-state index contributed by atoms with van der Waals surface area (Å²) in [5, 5.41) is 16.7. The van der Waals surface area contributed by atoms with Crippen LogP contribution in [0.1, 0.15) is 45.7 Å². The van der Waals surface area contributed by atoms with Crippen LogP contribution in [0.3, 0.4) is 0 Å². The van der Waals surface area contributed by atoms with Crippen molar-refractivity contribution in [1.29, 1.82) is 0 Å². The molecule has 8 rings (SSSR count). The molecule has 0 fully saturated rings. The van der Waals surface area contributed by atoms with E-state index in [0.29, 0.717) is 80.5 Å². The van der Waals surface area contributed by atoms with Crippen molar-refractivity contribution in [2.45, 2.75) is 26.1 Å². The molecule has 20 nitrogen and oxygen atoms in total. The maximum Gasteiger partial charge on any atom is 0.279 e. The average molecular weight is 990 g/mol. The molecular formula is C52H55N5O15. The van der Waals surface area contributed by atoms with Gasteiger partial charge in [-0.1, -0.05) is 24.3 Å². The maximum absolute atomic E-state index is 13.2. The van der Waals surface area contributed by atoms with Gasteiger partial charge in [0.2, 0.25) is 40.8 Å². The first-order valence-electron chi connectivity index (χ1n) is 21.8. The van der Waals surface area contributed by atoms with Crippen LogP contribution in [0.2, 0.25) is 0 Å². The summed E-state index contributed by atoms with van der Waals surface area (Å²) in [6.45, 7) is 3.45. The van der Waals surface area contributed by atoms with Crippen LogP contribution in [0.4, 0.5) is 0 Å². The monoisotopic (exact) mass is 989 g/mol. The highest BCUT2D eigenvalue weighted by molar-refractivity contribution is 5.98. The molecule has 4 aromatic heterocycles. The molecule has 0 spiro atoms. The Kier molecular flexibility index (Phi) is 18.3. The molecule has 0 aliphatic carbocycles. The van der Waals surface area contributed by atoms with Crippen molar-refractivity contribution >= 4 is 11.7 Å². The fraction of sp³-hybridized carbons (Fsp3) is 0.269. The van der Waals surface area contributed by atoms with Crippen molar-refractivity contribution in [2.24, 2.45) is 0 Å². The van der Waals surface area contributed by atoms with Gasteiger partial charge in [-0.3, -0.25) is 14.4 Å². The molecule has 0 aliphatic heterocycles. The lowest BCUT2D eigenvalue weighted by Crippen LogP contribution is -2.31. The third-order valence-electron chi connectivity index (χ3n) is 10.8. The molecule has 0 saturated carbocycles. The minimum absolute atomic E-state index is 0.159. The van der Waals surface area contributed by atoms with Crippen LogP contribution in [0.15, 0.2) is 121 Å². The average Bonchev–Trinajstić information content (AvgIpc) is 4.28. The number of carbonyl (C=O) groups excluding carboxylic acids is 2. The Labute approximate surface area is 415 Å². The maximum atomic E-state index is 13.2. The van der Waals surface area contributed by atoms with E-state index in [1.54, 1.807) is 114 Å². The van der Waals surface area contributed by atoms with Crippen LogP contribution in [0.5, 0.6) is 34.5 Å². The number of nitrogens with zero attached hydrogens (tertiary/aromatic N) is 5. The van der Waals surface area contributed by atoms with Crippen LogP contribution < -0.4 is 28.4 Å². The van der Waals surface area contributed by atoms with E-state index in [9.17, 15) is 9.59 Å². The van der Waals surface area contributed by atoms with Gasteiger partial charge in [-0.25, -0.2) is 5.06 Å². The highest BCUT2D eigenvalue weighted by atomic mass is 16.7. The lowest BCUT2D eigenvalue weighted by atomic mass is 10.0. The Morgan fingerprint density at radius 1 is 0.500 bits per heavy atom. The number of ether oxygens (including phenoxy) is 8. The molecule has 0 bridgehead atoms. The number of furan rings is 2. The Morgan fingerprint density at radius 3 is 1.31 bits per heavy atom. The van der Waals surface area contributed by atoms with Gasteiger partial charge in [0.05, 0.1) is 56.0 Å². The van der Waals surface area contributed by atoms with Crippen LogP contribution in [-0.2, 0) is 19.1 Å². The van der Waals surface area contributed by atoms with Crippen LogP contribution in [-0.4, -0.2) is 108 Å². The van der Waals surface area contributed by atoms with E-state index in [0.717, 1.165) is 27.5 Å². The van der Waals surface area contributed by atoms with Gasteiger partial charge < -0.3 is 55.6 Å². The number of likely N-dealkylation sites (N-methyl/N-ethyl adjacent to an activating group) is 1. The molecule has 2 unspecified atom stereocenters. The first-order valence-corrected chi connectivity index (χ1v) is 21.8. The summed E-state index contributed by atoms with van der Waals surface area (Å²) in [7, 11) is 15.2. The van der Waals surface area contributed by atoms with Crippen LogP contribution in [0, 0.1) is 13.8 Å². The second kappa shape index (κ2) is 24.9. The Morgan fingerprint density at radius 2 is 0.944 bits per heavy atom. The summed E-state index contributed by atoms with van der Waals surface area (Å²) < 4.78 is 64.7. The van der Waals surface area contributed by atoms with Gasteiger partial charge in [0.15, 0.2) is 34.9 Å². The second-order valence-electron chi connectivity index (χ2n) is 15.1. The molecule has 378 valence electrons. The first kappa shape index (κ1) is 52.9. The predicted octanol–water partition coefficient (Wildman–Crippen LogP) is 9.63. The number of hydrogen-bond donors (Lipinski definition) is 0. The van der Waals surface area contributed by atoms with Crippen LogP contribution >= 0.6 is 0 Å². The third-order valence-corrected chi connectivity index (χ3v) is 10.8. The number of hydrogen-bond acceptors (Lipinski definition) is 19. The number of rotatable bonds is 18. The van der Waals surface area contributed by atoms with Crippen molar-refractivity contribution in [1.82, 2.24) is 25.5 Å². The summed E-state index contributed by atoms with van der Waals surface area (Å²) >= 11 is 0. The number of aryl methyl sites for hydroxylation is 2. The minimum atomic E-state index is -0.850. The van der Waals surface area contributed by atoms with Gasteiger partial charge in [0, 0.05) is 57.4 Å². The highest BCUT2D eigenvalue weighted by Crippen LogP contribution is 2.43. The Balaban J connectivity index is 0.000000191. The number of Topliss-reactive ketones (excluding diaryl/α,β-unsaturated/α-hetero) is 1. The third kappa shape index (κ3) is 12.3. The van der Waals surface area contributed by atoms with Gasteiger partial charge in [0.25, 0.3) is 5.91 Å². The Hall–Kier alpha value is -8.46. The SMILES string of the molecule is COC(C(=O)N(C)OC)c1ccc(-c2nnc(C)o2)cc1.COc1cc(-c2ccc(C(=O)C(OC)c3ccc(-c4nnc(C)o4)cc3)o2)cc(OC)c1OC.COc1cc(-c2ccco2)cc(OC)c1OC. The molecule has 2 atom stereocenters. The van der Waals surface area contributed by atoms with Crippen molar-refractivity contribution in [3.8, 4) is 80.1 Å². The number of aromatic nitrogens is 4. The molecular weight excluding hydrogens is 935 g/mol. The number of benzene rings is 4. The van der Waals surface area contributed by atoms with Gasteiger partial charge in [-0.05, 0) is 83.9 Å². The number of ketones is 1. The van der Waals surface area contributed by atoms with E-state index in [-0.39, 0.29) is 17.5 Å².